The topological polar surface area (TPSA) is 426 Å². The number of aliphatic hydroxyl groups excluding tert-OH is 1. The molecule has 12 unspecified atom stereocenters. The smallest absolute Gasteiger partial charge is 0.338 e. The fourth-order valence-electron chi connectivity index (χ4n) is 17.8. The first kappa shape index (κ1) is 103. The molecule has 0 saturated carbocycles. The van der Waals surface area contributed by atoms with Gasteiger partial charge in [-0.05, 0) is 97.6 Å². The Morgan fingerprint density at radius 1 is 0.277 bits per heavy atom. The Morgan fingerprint density at radius 3 is 0.949 bits per heavy atom. The van der Waals surface area contributed by atoms with E-state index in [1.54, 1.807) is 163 Å². The van der Waals surface area contributed by atoms with Gasteiger partial charge >= 0.3 is 53.7 Å². The third-order valence-electron chi connectivity index (χ3n) is 24.8. The molecule has 7 aromatic rings. The number of ether oxygens (including phenoxy) is 21. The lowest BCUT2D eigenvalue weighted by Gasteiger charge is -2.52. The third kappa shape index (κ3) is 26.2. The Labute approximate surface area is 793 Å². The van der Waals surface area contributed by atoms with Gasteiger partial charge in [-0.25, -0.2) is 28.8 Å². The molecule has 0 aliphatic carbocycles. The van der Waals surface area contributed by atoms with Crippen molar-refractivity contribution in [2.45, 2.75) is 269 Å². The van der Waals surface area contributed by atoms with Crippen LogP contribution in [0.4, 0.5) is 0 Å². The second kappa shape index (κ2) is 48.5. The van der Waals surface area contributed by atoms with E-state index >= 15 is 14.4 Å². The molecule has 734 valence electrons. The highest BCUT2D eigenvalue weighted by atomic mass is 16.8. The van der Waals surface area contributed by atoms with Crippen molar-refractivity contribution in [3.05, 3.63) is 251 Å². The highest BCUT2D eigenvalue weighted by Gasteiger charge is 2.61. The van der Waals surface area contributed by atoms with Gasteiger partial charge in [-0.2, -0.15) is 0 Å². The quantitative estimate of drug-likeness (QED) is 0.0242. The Morgan fingerprint density at radius 2 is 0.562 bits per heavy atom. The van der Waals surface area contributed by atoms with Crippen molar-refractivity contribution in [1.29, 1.82) is 0 Å². The summed E-state index contributed by atoms with van der Waals surface area (Å²) in [4.78, 5) is 155. The Kier molecular flexibility index (Phi) is 36.3. The average molecular weight is 1900 g/mol. The summed E-state index contributed by atoms with van der Waals surface area (Å²) >= 11 is 0. The van der Waals surface area contributed by atoms with Crippen LogP contribution in [0.1, 0.15) is 170 Å². The predicted octanol–water partition coefficient (Wildman–Crippen LogP) is 10.7. The summed E-state index contributed by atoms with van der Waals surface area (Å²) in [6.45, 7) is 16.1. The van der Waals surface area contributed by atoms with E-state index in [1.807, 2.05) is 37.3 Å². The normalized spacial score (nSPS) is 31.3. The van der Waals surface area contributed by atoms with E-state index in [2.05, 4.69) is 10.6 Å². The number of hydrogen-bond donors (Lipinski definition) is 3. The van der Waals surface area contributed by atoms with Crippen LogP contribution in [-0.2, 0) is 130 Å². The van der Waals surface area contributed by atoms with Crippen molar-refractivity contribution in [3.63, 3.8) is 0 Å². The first-order chi connectivity index (χ1) is 66.0. The number of carbonyl (C=O) groups is 11. The summed E-state index contributed by atoms with van der Waals surface area (Å²) in [6, 6.07) is 54.1. The molecule has 6 heterocycles. The van der Waals surface area contributed by atoms with Gasteiger partial charge in [-0.3, -0.25) is 24.0 Å². The number of benzene rings is 7. The van der Waals surface area contributed by atoms with Crippen molar-refractivity contribution in [3.8, 4) is 0 Å². The largest absolute Gasteiger partial charge is 0.463 e. The molecular weight excluding hydrogens is 1780 g/mol. The van der Waals surface area contributed by atoms with Gasteiger partial charge in [-0.15, -0.1) is 0 Å². The van der Waals surface area contributed by atoms with E-state index in [4.69, 9.17) is 99.5 Å². The summed E-state index contributed by atoms with van der Waals surface area (Å²) in [7, 11) is 0. The SMILES string of the molecule is CCC1O[C@@H](O[C@@H]2C(OC(=O)c3ccccc3)[C@H](O[C@@H]3C(CC)O[C@@H](O[C@@H]4C(OC(=O)c5ccccc5)[C@H](O[C@@H]5C(CC)O[C@@H](OCc6ccccc6)C(OC(=O)c6ccccc6)[C@H]5C)OC(COC(=O)c5ccccc5)[C@@H]4OC(=O)c4ccccc4)C(NC(C)=O)[C@H]3C)OC(COC(=O)c3ccccc3)[C@@H]2O)C(NC(C)=O)[C@@H](C)[C@@H]1O[C@@H]1OC(COC(C)=O)[C@H](OC(C)=O)[C@H](C)C1OC(C)=O. The molecule has 35 nitrogen and oxygen atoms in total. The lowest BCUT2D eigenvalue weighted by atomic mass is 9.86. The zero-order chi connectivity index (χ0) is 97.7. The van der Waals surface area contributed by atoms with E-state index in [9.17, 15) is 43.5 Å². The molecule has 0 spiro atoms. The highest BCUT2D eigenvalue weighted by molar-refractivity contribution is 5.92. The van der Waals surface area contributed by atoms with Crippen LogP contribution >= 0.6 is 0 Å². The molecule has 30 atom stereocenters. The molecule has 0 radical (unpaired) electrons. The molecule has 13 rings (SSSR count). The number of carbonyl (C=O) groups excluding carboxylic acids is 11. The molecule has 6 fully saturated rings. The summed E-state index contributed by atoms with van der Waals surface area (Å²) in [6.07, 6.45) is -36.3. The van der Waals surface area contributed by atoms with E-state index < -0.39 is 269 Å². The lowest BCUT2D eigenvalue weighted by Crippen LogP contribution is -2.69. The van der Waals surface area contributed by atoms with Gasteiger partial charge in [0, 0.05) is 58.3 Å². The molecule has 6 saturated heterocycles. The fraction of sp³-hybridized carbons (Fsp3) is 0.480. The molecule has 6 aliphatic rings. The monoisotopic (exact) mass is 1900 g/mol. The maximum Gasteiger partial charge on any atom is 0.338 e. The van der Waals surface area contributed by atoms with Crippen LogP contribution in [0, 0.1) is 23.7 Å². The Balaban J connectivity index is 0.896. The van der Waals surface area contributed by atoms with Crippen molar-refractivity contribution in [1.82, 2.24) is 10.6 Å². The van der Waals surface area contributed by atoms with Gasteiger partial charge in [0.15, 0.2) is 68.3 Å². The van der Waals surface area contributed by atoms with Crippen LogP contribution in [0.5, 0.6) is 0 Å². The number of rotatable bonds is 36. The minimum absolute atomic E-state index is 0.00822. The van der Waals surface area contributed by atoms with E-state index in [-0.39, 0.29) is 59.3 Å². The van der Waals surface area contributed by atoms with Crippen molar-refractivity contribution < 1.29 is 157 Å². The van der Waals surface area contributed by atoms with Gasteiger partial charge in [0.1, 0.15) is 62.5 Å². The molecule has 0 bridgehead atoms. The number of amides is 2. The maximum atomic E-state index is 15.4. The molecule has 7 aromatic carbocycles. The van der Waals surface area contributed by atoms with E-state index in [0.717, 1.165) is 12.5 Å². The van der Waals surface area contributed by atoms with Crippen molar-refractivity contribution in [2.75, 3.05) is 19.8 Å². The number of aliphatic hydroxyl groups is 1. The van der Waals surface area contributed by atoms with Crippen LogP contribution in [0.3, 0.4) is 0 Å². The number of nitrogens with one attached hydrogen (secondary N) is 2. The number of esters is 9. The van der Waals surface area contributed by atoms with Crippen molar-refractivity contribution in [2.24, 2.45) is 23.7 Å². The fourth-order valence-corrected chi connectivity index (χ4v) is 17.8. The zero-order valence-corrected chi connectivity index (χ0v) is 78.0. The van der Waals surface area contributed by atoms with Crippen LogP contribution in [0.25, 0.3) is 0 Å². The standard InChI is InChI=1S/C102H118N2O33/c1-13-71-80(133-100-85(122-63(12)109)58(7)83(121-62(11)108)75(127-100)53-117-61(10)107)55(4)77(103-59(8)105)97(123-71)136-87-79(110)74(52-118-91(111)65-39-25-17-26-40-65)126-101(89(87)131-95(115)69-47-33-21-34-48-69)134-81-56(5)78(104-60(9)106)98(124-72(81)14-2)137-88-86(130-94(114)68-45-31-20-32-46-68)76(54-119-92(112)66-41-27-18-28-42-66)128-102(90(88)132-96(116)70-49-35-22-36-50-70)135-82-57(6)84(129-93(113)67-43-29-19-30-44-67)99(125-73(82)15-3)120-51-64-37-23-16-24-38-64/h16-50,55-58,71-90,97-102,110H,13-15,51-54H2,1-12H3,(H,103,105)(H,104,106)/t55-,56-,57+,58+,71?,72?,73?,74?,75?,76?,77?,78?,79+,80+,81+,82+,83-,84?,85?,86+,87+,88+,89?,90?,97+,98+,99-,100+,101+,102+/m1/s1. The molecule has 137 heavy (non-hydrogen) atoms. The van der Waals surface area contributed by atoms with Gasteiger partial charge < -0.3 is 115 Å². The molecule has 6 aliphatic heterocycles. The zero-order valence-electron chi connectivity index (χ0n) is 78.0. The van der Waals surface area contributed by atoms with E-state index in [0.29, 0.717) is 0 Å². The Bertz CT molecular complexity index is 5150. The molecular formula is C102H118N2O33. The predicted molar refractivity (Wildman–Crippen MR) is 480 cm³/mol. The minimum Gasteiger partial charge on any atom is -0.463 e. The first-order valence-electron chi connectivity index (χ1n) is 46.0. The minimum atomic E-state index is -1.99. The molecule has 0 aromatic heterocycles. The van der Waals surface area contributed by atoms with Gasteiger partial charge in [0.2, 0.25) is 11.8 Å². The highest BCUT2D eigenvalue weighted by Crippen LogP contribution is 2.45. The maximum absolute atomic E-state index is 15.4. The number of hydrogen-bond acceptors (Lipinski definition) is 33. The second-order valence-corrected chi connectivity index (χ2v) is 34.5. The lowest BCUT2D eigenvalue weighted by molar-refractivity contribution is -0.379. The van der Waals surface area contributed by atoms with Crippen molar-refractivity contribution >= 4 is 65.5 Å². The third-order valence-corrected chi connectivity index (χ3v) is 24.8. The van der Waals surface area contributed by atoms with Gasteiger partial charge in [0.05, 0.1) is 88.7 Å². The summed E-state index contributed by atoms with van der Waals surface area (Å²) in [5, 5.41) is 19.2. The first-order valence-corrected chi connectivity index (χ1v) is 46.0. The molecule has 2 amide bonds. The van der Waals surface area contributed by atoms with Gasteiger partial charge in [-0.1, -0.05) is 188 Å². The average Bonchev–Trinajstić information content (AvgIpc) is 0.754. The summed E-state index contributed by atoms with van der Waals surface area (Å²) in [5.41, 5.74) is 1.22. The summed E-state index contributed by atoms with van der Waals surface area (Å²) < 4.78 is 140. The molecule has 3 N–H and O–H groups in total. The van der Waals surface area contributed by atoms with E-state index in [1.165, 1.54) is 88.4 Å². The van der Waals surface area contributed by atoms with Crippen LogP contribution < -0.4 is 10.6 Å². The summed E-state index contributed by atoms with van der Waals surface area (Å²) in [5.74, 6) is -12.7. The second-order valence-electron chi connectivity index (χ2n) is 34.5. The Hall–Kier alpha value is -11.8. The van der Waals surface area contributed by atoms with Crippen LogP contribution in [0.15, 0.2) is 212 Å². The molecule has 35 heteroatoms. The van der Waals surface area contributed by atoms with Crippen LogP contribution in [0.2, 0.25) is 0 Å². The van der Waals surface area contributed by atoms with Gasteiger partial charge in [0.25, 0.3) is 0 Å². The van der Waals surface area contributed by atoms with Crippen LogP contribution in [-0.4, -0.2) is 250 Å².